The Bertz CT molecular complexity index is 2160. The molecule has 1 spiro atoms. The first-order valence-electron chi connectivity index (χ1n) is 19.9. The van der Waals surface area contributed by atoms with Crippen LogP contribution in [0.3, 0.4) is 0 Å². The molecule has 0 amide bonds. The number of benzene rings is 1. The fourth-order valence-corrected chi connectivity index (χ4v) is 9.83. The molecule has 3 heterocycles. The Morgan fingerprint density at radius 1 is 0.742 bits per heavy atom. The molecule has 0 radical (unpaired) electrons. The van der Waals surface area contributed by atoms with E-state index in [1.54, 1.807) is 13.0 Å². The zero-order chi connectivity index (χ0) is 45.7. The predicted octanol–water partition coefficient (Wildman–Crippen LogP) is 2.33. The summed E-state index contributed by atoms with van der Waals surface area (Å²) in [6.45, 7) is 8.64. The van der Waals surface area contributed by atoms with Crippen molar-refractivity contribution in [3.63, 3.8) is 0 Å². The number of carbonyl (C=O) groups is 8. The van der Waals surface area contributed by atoms with Crippen molar-refractivity contribution in [2.24, 2.45) is 17.3 Å². The van der Waals surface area contributed by atoms with Gasteiger partial charge in [0.25, 0.3) is 0 Å². The summed E-state index contributed by atoms with van der Waals surface area (Å²) in [4.78, 5) is 114. The van der Waals surface area contributed by atoms with Crippen molar-refractivity contribution >= 4 is 47.8 Å². The third kappa shape index (κ3) is 7.43. The van der Waals surface area contributed by atoms with Gasteiger partial charge in [0.05, 0.1) is 28.7 Å². The van der Waals surface area contributed by atoms with Crippen LogP contribution in [-0.4, -0.2) is 124 Å². The van der Waals surface area contributed by atoms with E-state index in [0.29, 0.717) is 0 Å². The van der Waals surface area contributed by atoms with Gasteiger partial charge in [0.1, 0.15) is 42.0 Å². The van der Waals surface area contributed by atoms with Gasteiger partial charge in [0.2, 0.25) is 0 Å². The Morgan fingerprint density at radius 2 is 1.32 bits per heavy atom. The van der Waals surface area contributed by atoms with E-state index in [9.17, 15) is 43.5 Å². The maximum atomic E-state index is 14.5. The van der Waals surface area contributed by atoms with Crippen molar-refractivity contribution in [3.8, 4) is 0 Å². The molecule has 1 aromatic carbocycles. The van der Waals surface area contributed by atoms with Crippen LogP contribution >= 0.6 is 0 Å². The minimum atomic E-state index is -2.87. The Kier molecular flexibility index (Phi) is 12.3. The van der Waals surface area contributed by atoms with Gasteiger partial charge in [-0.15, -0.1) is 0 Å². The quantitative estimate of drug-likeness (QED) is 0.295. The molecule has 4 aliphatic rings. The number of cyclic esters (lactones) is 1. The zero-order valence-electron chi connectivity index (χ0n) is 35.6. The SMILES string of the molecule is CC(=O)OC[C@@]12[C@H](OC(C)=O)[C@@H](OC(C)=O)[C@@H]3[C@@H](OC(=O)c4ccccc4)[C@@]14O[C@@]3(C)COC(=O)c1cccnc1[C@@H](C)[C@H](C)C(=O)O[C@@H]([C@H](OC(C)=O)[C@@H]2OC(C)=O)[C@]4(C)O. The molecule has 2 aliphatic heterocycles. The minimum Gasteiger partial charge on any atom is -0.465 e. The molecule has 1 saturated heterocycles. The number of aromatic nitrogens is 1. The van der Waals surface area contributed by atoms with Crippen LogP contribution in [0, 0.1) is 17.3 Å². The van der Waals surface area contributed by atoms with Crippen LogP contribution in [0.1, 0.15) is 94.6 Å². The summed E-state index contributed by atoms with van der Waals surface area (Å²) in [6, 6.07) is 10.4. The first kappa shape index (κ1) is 45.6. The minimum absolute atomic E-state index is 0.0290. The highest BCUT2D eigenvalue weighted by atomic mass is 16.7. The average Bonchev–Trinajstić information content (AvgIpc) is 3.42. The Labute approximate surface area is 355 Å². The number of hydrogen-bond donors (Lipinski definition) is 1. The summed E-state index contributed by atoms with van der Waals surface area (Å²) in [6.07, 6.45) is -10.8. The summed E-state index contributed by atoms with van der Waals surface area (Å²) in [5.41, 5.74) is -10.4. The standard InChI is InChI=1S/C43H49NO18/c1-20-21(2)37(50)61-34-32(57-24(5)47)36(59-26(7)49)42(19-54-22(3)45)35(58-25(6)48)31(56-23(4)46)29-33(60-38(51)27-14-11-10-12-15-27)43(42,41(34,9)53)62-40(29,8)18-55-39(52)28-16-13-17-44-30(20)28/h10-17,20-21,29,31-36,53H,18-19H2,1-9H3/t20-,21-,29+,31-,32-,33+,34-,35+,36-,40-,41-,42-,43-/m0/s1. The third-order valence-electron chi connectivity index (χ3n) is 12.4. The van der Waals surface area contributed by atoms with Gasteiger partial charge in [-0.2, -0.15) is 0 Å². The number of nitrogens with zero attached hydrogens (tertiary/aromatic N) is 1. The Balaban J connectivity index is 1.81. The topological polar surface area (TPSA) is 253 Å². The molecule has 6 rings (SSSR count). The molecule has 19 nitrogen and oxygen atoms in total. The number of pyridine rings is 1. The maximum Gasteiger partial charge on any atom is 0.340 e. The van der Waals surface area contributed by atoms with Gasteiger partial charge in [0.15, 0.2) is 30.0 Å². The summed E-state index contributed by atoms with van der Waals surface area (Å²) in [5, 5.41) is 13.7. The lowest BCUT2D eigenvalue weighted by Gasteiger charge is -2.67. The number of hydrogen-bond acceptors (Lipinski definition) is 19. The molecule has 4 bridgehead atoms. The molecule has 2 aliphatic carbocycles. The molecule has 13 atom stereocenters. The normalized spacial score (nSPS) is 36.0. The van der Waals surface area contributed by atoms with Gasteiger partial charge in [-0.05, 0) is 38.1 Å². The van der Waals surface area contributed by atoms with Gasteiger partial charge < -0.3 is 47.7 Å². The van der Waals surface area contributed by atoms with Crippen molar-refractivity contribution in [2.45, 2.75) is 122 Å². The maximum absolute atomic E-state index is 14.5. The molecule has 334 valence electrons. The highest BCUT2D eigenvalue weighted by molar-refractivity contribution is 5.91. The highest BCUT2D eigenvalue weighted by Gasteiger charge is 2.92. The average molecular weight is 868 g/mol. The van der Waals surface area contributed by atoms with E-state index in [1.807, 2.05) is 0 Å². The van der Waals surface area contributed by atoms with E-state index in [0.717, 1.165) is 41.5 Å². The van der Waals surface area contributed by atoms with Crippen molar-refractivity contribution < 1.29 is 86.1 Å². The lowest BCUT2D eigenvalue weighted by atomic mass is 9.45. The predicted molar refractivity (Wildman–Crippen MR) is 205 cm³/mol. The monoisotopic (exact) mass is 867 g/mol. The molecular formula is C43H49NO18. The second-order valence-electron chi connectivity index (χ2n) is 16.5. The van der Waals surface area contributed by atoms with Crippen LogP contribution in [0.5, 0.6) is 0 Å². The Hall–Kier alpha value is -5.95. The fraction of sp³-hybridized carbons (Fsp3) is 0.558. The fourth-order valence-electron chi connectivity index (χ4n) is 9.83. The van der Waals surface area contributed by atoms with Gasteiger partial charge in [-0.25, -0.2) is 9.59 Å². The van der Waals surface area contributed by atoms with Crippen LogP contribution in [0.15, 0.2) is 48.7 Å². The van der Waals surface area contributed by atoms with Gasteiger partial charge in [0, 0.05) is 46.7 Å². The number of ether oxygens (including phenoxy) is 9. The van der Waals surface area contributed by atoms with Gasteiger partial charge in [-0.3, -0.25) is 33.8 Å². The van der Waals surface area contributed by atoms with Crippen LogP contribution in [-0.2, 0) is 71.4 Å². The number of aliphatic hydroxyl groups is 1. The lowest BCUT2D eigenvalue weighted by Crippen LogP contribution is -2.89. The van der Waals surface area contributed by atoms with Crippen molar-refractivity contribution in [1.82, 2.24) is 4.98 Å². The summed E-state index contributed by atoms with van der Waals surface area (Å²) in [7, 11) is 0. The highest BCUT2D eigenvalue weighted by Crippen LogP contribution is 2.70. The molecule has 19 heteroatoms. The summed E-state index contributed by atoms with van der Waals surface area (Å²) >= 11 is 0. The van der Waals surface area contributed by atoms with Crippen LogP contribution in [0.2, 0.25) is 0 Å². The lowest BCUT2D eigenvalue weighted by molar-refractivity contribution is -0.386. The number of rotatable bonds is 8. The van der Waals surface area contributed by atoms with E-state index in [1.165, 1.54) is 56.4 Å². The molecule has 2 aromatic rings. The second kappa shape index (κ2) is 16.7. The molecule has 2 saturated carbocycles. The van der Waals surface area contributed by atoms with E-state index in [2.05, 4.69) is 4.98 Å². The first-order valence-corrected chi connectivity index (χ1v) is 19.9. The van der Waals surface area contributed by atoms with E-state index < -0.39 is 138 Å². The molecule has 1 N–H and O–H groups in total. The molecule has 3 fully saturated rings. The van der Waals surface area contributed by atoms with E-state index >= 15 is 0 Å². The Morgan fingerprint density at radius 3 is 1.90 bits per heavy atom. The largest absolute Gasteiger partial charge is 0.465 e. The number of fused-ring (bicyclic) bond motifs is 5. The van der Waals surface area contributed by atoms with Crippen LogP contribution in [0.4, 0.5) is 0 Å². The van der Waals surface area contributed by atoms with Gasteiger partial charge >= 0.3 is 47.8 Å². The van der Waals surface area contributed by atoms with Crippen LogP contribution in [0.25, 0.3) is 0 Å². The van der Waals surface area contributed by atoms with E-state index in [-0.39, 0.29) is 16.8 Å². The first-order chi connectivity index (χ1) is 29.0. The summed E-state index contributed by atoms with van der Waals surface area (Å²) in [5.74, 6) is -11.9. The number of esters is 8. The molecule has 1 aromatic heterocycles. The van der Waals surface area contributed by atoms with E-state index in [4.69, 9.17) is 42.6 Å². The van der Waals surface area contributed by atoms with Crippen LogP contribution < -0.4 is 0 Å². The smallest absolute Gasteiger partial charge is 0.340 e. The molecule has 62 heavy (non-hydrogen) atoms. The van der Waals surface area contributed by atoms with Gasteiger partial charge in [-0.1, -0.05) is 32.0 Å². The zero-order valence-corrected chi connectivity index (χ0v) is 35.6. The third-order valence-corrected chi connectivity index (χ3v) is 12.4. The van der Waals surface area contributed by atoms with Crippen molar-refractivity contribution in [1.29, 1.82) is 0 Å². The van der Waals surface area contributed by atoms with Crippen molar-refractivity contribution in [2.75, 3.05) is 13.2 Å². The molecular weight excluding hydrogens is 818 g/mol. The second-order valence-corrected chi connectivity index (χ2v) is 16.5. The number of carbonyl (C=O) groups excluding carboxylic acids is 8. The molecule has 0 unspecified atom stereocenters. The summed E-state index contributed by atoms with van der Waals surface area (Å²) < 4.78 is 55.4. The van der Waals surface area contributed by atoms with Crippen molar-refractivity contribution in [3.05, 3.63) is 65.5 Å².